The molecule has 0 N–H and O–H groups in total. The Labute approximate surface area is 172 Å². The fraction of sp³-hybridized carbons (Fsp3) is 0.450. The second-order valence-corrected chi connectivity index (χ2v) is 10.1. The molecule has 1 aliphatic carbocycles. The minimum absolute atomic E-state index is 0.109. The molecule has 27 heavy (non-hydrogen) atoms. The summed E-state index contributed by atoms with van der Waals surface area (Å²) in [5.41, 5.74) is 2.01. The van der Waals surface area contributed by atoms with Gasteiger partial charge in [-0.1, -0.05) is 55.3 Å². The molecule has 0 aliphatic heterocycles. The second-order valence-electron chi connectivity index (χ2n) is 8.24. The smallest absolute Gasteiger partial charge is 0.267 e. The lowest BCUT2D eigenvalue weighted by atomic mass is 9.72. The van der Waals surface area contributed by atoms with Crippen molar-refractivity contribution in [3.63, 3.8) is 0 Å². The SMILES string of the molecule is CC(C)(C)[C@H]1CCc2c(sc3nnn(Cc4c(Cl)cccc4Cl)c(=O)c23)C1. The predicted octanol–water partition coefficient (Wildman–Crippen LogP) is 5.36. The van der Waals surface area contributed by atoms with Gasteiger partial charge < -0.3 is 0 Å². The third kappa shape index (κ3) is 3.41. The van der Waals surface area contributed by atoms with Crippen LogP contribution in [0.25, 0.3) is 10.2 Å². The standard InChI is InChI=1S/C20H21Cl2N3OS/c1-20(2,3)11-7-8-12-16(9-11)27-18-17(12)19(26)25(24-23-18)10-13-14(21)5-4-6-15(13)22/h4-6,11H,7-10H2,1-3H3/t11-/m0/s1. The summed E-state index contributed by atoms with van der Waals surface area (Å²) in [6.45, 7) is 7.08. The number of thiophene rings is 1. The Bertz CT molecular complexity index is 1060. The van der Waals surface area contributed by atoms with Crippen LogP contribution >= 0.6 is 34.5 Å². The quantitative estimate of drug-likeness (QED) is 0.559. The lowest BCUT2D eigenvalue weighted by molar-refractivity contribution is 0.218. The van der Waals surface area contributed by atoms with Crippen LogP contribution in [-0.2, 0) is 19.4 Å². The van der Waals surface area contributed by atoms with Gasteiger partial charge in [0.15, 0.2) is 4.83 Å². The molecule has 0 saturated heterocycles. The van der Waals surface area contributed by atoms with Gasteiger partial charge in [-0.15, -0.1) is 16.4 Å². The maximum atomic E-state index is 13.1. The number of benzene rings is 1. The van der Waals surface area contributed by atoms with E-state index >= 15 is 0 Å². The Morgan fingerprint density at radius 1 is 1.26 bits per heavy atom. The minimum atomic E-state index is -0.109. The van der Waals surface area contributed by atoms with Crippen LogP contribution in [-0.4, -0.2) is 15.0 Å². The van der Waals surface area contributed by atoms with Crippen LogP contribution in [0.4, 0.5) is 0 Å². The highest BCUT2D eigenvalue weighted by molar-refractivity contribution is 7.18. The summed E-state index contributed by atoms with van der Waals surface area (Å²) >= 11 is 14.1. The monoisotopic (exact) mass is 421 g/mol. The van der Waals surface area contributed by atoms with E-state index in [1.165, 1.54) is 9.56 Å². The van der Waals surface area contributed by atoms with Crippen molar-refractivity contribution >= 4 is 44.8 Å². The van der Waals surface area contributed by atoms with Crippen LogP contribution in [0.3, 0.4) is 0 Å². The van der Waals surface area contributed by atoms with E-state index in [0.29, 0.717) is 21.5 Å². The first-order chi connectivity index (χ1) is 12.8. The maximum Gasteiger partial charge on any atom is 0.279 e. The van der Waals surface area contributed by atoms with Crippen molar-refractivity contribution in [3.8, 4) is 0 Å². The largest absolute Gasteiger partial charge is 0.279 e. The van der Waals surface area contributed by atoms with Gasteiger partial charge in [-0.05, 0) is 48.3 Å². The van der Waals surface area contributed by atoms with Gasteiger partial charge in [0, 0.05) is 20.5 Å². The van der Waals surface area contributed by atoms with Crippen molar-refractivity contribution in [3.05, 3.63) is 54.6 Å². The zero-order chi connectivity index (χ0) is 19.3. The zero-order valence-electron chi connectivity index (χ0n) is 15.6. The van der Waals surface area contributed by atoms with E-state index < -0.39 is 0 Å². The second kappa shape index (κ2) is 6.87. The molecule has 0 bridgehead atoms. The average molecular weight is 422 g/mol. The zero-order valence-corrected chi connectivity index (χ0v) is 17.9. The van der Waals surface area contributed by atoms with Crippen molar-refractivity contribution in [2.45, 2.75) is 46.6 Å². The van der Waals surface area contributed by atoms with Crippen LogP contribution in [0.2, 0.25) is 10.0 Å². The molecule has 0 fully saturated rings. The Morgan fingerprint density at radius 2 is 1.96 bits per heavy atom. The van der Waals surface area contributed by atoms with Crippen molar-refractivity contribution in [2.24, 2.45) is 11.3 Å². The Morgan fingerprint density at radius 3 is 2.63 bits per heavy atom. The van der Waals surface area contributed by atoms with Gasteiger partial charge in [0.2, 0.25) is 0 Å². The van der Waals surface area contributed by atoms with E-state index in [4.69, 9.17) is 23.2 Å². The topological polar surface area (TPSA) is 47.8 Å². The predicted molar refractivity (Wildman–Crippen MR) is 112 cm³/mol. The molecular weight excluding hydrogens is 401 g/mol. The molecule has 0 amide bonds. The van der Waals surface area contributed by atoms with Crippen molar-refractivity contribution in [1.29, 1.82) is 0 Å². The van der Waals surface area contributed by atoms with Crippen LogP contribution < -0.4 is 5.56 Å². The van der Waals surface area contributed by atoms with Gasteiger partial charge in [0.05, 0.1) is 11.9 Å². The number of aryl methyl sites for hydroxylation is 1. The summed E-state index contributed by atoms with van der Waals surface area (Å²) in [6.07, 6.45) is 3.03. The first-order valence-electron chi connectivity index (χ1n) is 9.06. The Balaban J connectivity index is 1.77. The van der Waals surface area contributed by atoms with Gasteiger partial charge in [0.1, 0.15) is 0 Å². The molecule has 2 heterocycles. The lowest BCUT2D eigenvalue weighted by Crippen LogP contribution is -2.28. The van der Waals surface area contributed by atoms with Crippen molar-refractivity contribution in [2.75, 3.05) is 0 Å². The molecule has 1 aliphatic rings. The summed E-state index contributed by atoms with van der Waals surface area (Å²) in [6, 6.07) is 5.31. The third-order valence-corrected chi connectivity index (χ3v) is 7.38. The molecule has 7 heteroatoms. The first-order valence-corrected chi connectivity index (χ1v) is 10.6. The highest BCUT2D eigenvalue weighted by atomic mass is 35.5. The molecule has 0 unspecified atom stereocenters. The molecular formula is C20H21Cl2N3OS. The summed E-state index contributed by atoms with van der Waals surface area (Å²) in [5, 5.41) is 10.2. The van der Waals surface area contributed by atoms with E-state index in [1.54, 1.807) is 29.5 Å². The number of hydrogen-bond acceptors (Lipinski definition) is 4. The van der Waals surface area contributed by atoms with E-state index in [9.17, 15) is 4.79 Å². The number of fused-ring (bicyclic) bond motifs is 3. The van der Waals surface area contributed by atoms with Gasteiger partial charge in [0.25, 0.3) is 5.56 Å². The molecule has 1 aromatic carbocycles. The fourth-order valence-electron chi connectivity index (χ4n) is 3.80. The third-order valence-electron chi connectivity index (χ3n) is 5.53. The van der Waals surface area contributed by atoms with Gasteiger partial charge in [-0.2, -0.15) is 0 Å². The highest BCUT2D eigenvalue weighted by Crippen LogP contribution is 2.41. The molecule has 2 aromatic heterocycles. The van der Waals surface area contributed by atoms with Crippen LogP contribution in [0.15, 0.2) is 23.0 Å². The fourth-order valence-corrected chi connectivity index (χ4v) is 5.55. The van der Waals surface area contributed by atoms with Gasteiger partial charge >= 0.3 is 0 Å². The molecule has 4 nitrogen and oxygen atoms in total. The molecule has 0 saturated carbocycles. The normalized spacial score (nSPS) is 17.3. The summed E-state index contributed by atoms with van der Waals surface area (Å²) in [7, 11) is 0. The van der Waals surface area contributed by atoms with Crippen LogP contribution in [0, 0.1) is 11.3 Å². The molecule has 0 spiro atoms. The van der Waals surface area contributed by atoms with Crippen molar-refractivity contribution < 1.29 is 0 Å². The van der Waals surface area contributed by atoms with Gasteiger partial charge in [-0.3, -0.25) is 4.79 Å². The Kier molecular flexibility index (Phi) is 4.81. The number of hydrogen-bond donors (Lipinski definition) is 0. The summed E-state index contributed by atoms with van der Waals surface area (Å²) in [4.78, 5) is 15.2. The number of halogens is 2. The minimum Gasteiger partial charge on any atom is -0.267 e. The molecule has 142 valence electrons. The first kappa shape index (κ1) is 18.9. The Hall–Kier alpha value is -1.43. The van der Waals surface area contributed by atoms with E-state index in [0.717, 1.165) is 35.0 Å². The van der Waals surface area contributed by atoms with E-state index in [-0.39, 0.29) is 17.5 Å². The maximum absolute atomic E-state index is 13.1. The molecule has 1 atom stereocenters. The molecule has 0 radical (unpaired) electrons. The number of rotatable bonds is 2. The number of nitrogens with zero attached hydrogens (tertiary/aromatic N) is 3. The average Bonchev–Trinajstić information content (AvgIpc) is 2.97. The molecule has 3 aromatic rings. The van der Waals surface area contributed by atoms with E-state index in [2.05, 4.69) is 31.1 Å². The molecule has 4 rings (SSSR count). The number of aromatic nitrogens is 3. The van der Waals surface area contributed by atoms with E-state index in [1.807, 2.05) is 0 Å². The lowest BCUT2D eigenvalue weighted by Gasteiger charge is -2.33. The summed E-state index contributed by atoms with van der Waals surface area (Å²) < 4.78 is 1.37. The van der Waals surface area contributed by atoms with Crippen molar-refractivity contribution in [1.82, 2.24) is 15.0 Å². The highest BCUT2D eigenvalue weighted by Gasteiger charge is 2.32. The van der Waals surface area contributed by atoms with Gasteiger partial charge in [-0.25, -0.2) is 4.68 Å². The van der Waals surface area contributed by atoms with Crippen LogP contribution in [0.5, 0.6) is 0 Å². The van der Waals surface area contributed by atoms with Crippen LogP contribution in [0.1, 0.15) is 43.2 Å². The summed E-state index contributed by atoms with van der Waals surface area (Å²) in [5.74, 6) is 0.621.